The molecule has 0 aliphatic heterocycles. The van der Waals surface area contributed by atoms with Crippen LogP contribution in [0.2, 0.25) is 0 Å². The summed E-state index contributed by atoms with van der Waals surface area (Å²) in [6.07, 6.45) is 8.91. The van der Waals surface area contributed by atoms with E-state index in [1.54, 1.807) is 0 Å². The molecule has 0 saturated heterocycles. The highest BCUT2D eigenvalue weighted by Crippen LogP contribution is 2.68. The molecule has 0 aromatic carbocycles. The van der Waals surface area contributed by atoms with E-state index in [0.29, 0.717) is 41.9 Å². The van der Waals surface area contributed by atoms with E-state index in [0.717, 1.165) is 25.7 Å². The molecule has 0 bridgehead atoms. The van der Waals surface area contributed by atoms with Crippen molar-refractivity contribution in [3.8, 4) is 0 Å². The second-order valence-corrected chi connectivity index (χ2v) is 11.3. The first-order chi connectivity index (χ1) is 13.2. The van der Waals surface area contributed by atoms with Gasteiger partial charge in [-0.15, -0.1) is 0 Å². The minimum absolute atomic E-state index is 0.162. The summed E-state index contributed by atoms with van der Waals surface area (Å²) in [5.74, 6) is 1.99. The van der Waals surface area contributed by atoms with Gasteiger partial charge in [-0.05, 0) is 111 Å². The zero-order chi connectivity index (χ0) is 20.3. The third-order valence-corrected chi connectivity index (χ3v) is 10.2. The largest absolute Gasteiger partial charge is 0.550 e. The molecule has 28 heavy (non-hydrogen) atoms. The van der Waals surface area contributed by atoms with Crippen molar-refractivity contribution in [2.75, 3.05) is 0 Å². The Kier molecular flexibility index (Phi) is 5.36. The van der Waals surface area contributed by atoms with Crippen LogP contribution >= 0.6 is 0 Å². The molecule has 0 aromatic rings. The first-order valence-corrected chi connectivity index (χ1v) is 11.7. The van der Waals surface area contributed by atoms with E-state index in [4.69, 9.17) is 0 Å². The van der Waals surface area contributed by atoms with Crippen molar-refractivity contribution in [1.82, 2.24) is 0 Å². The summed E-state index contributed by atoms with van der Waals surface area (Å²) in [4.78, 5) is 10.9. The topological polar surface area (TPSA) is 80.6 Å². The van der Waals surface area contributed by atoms with Crippen LogP contribution in [-0.2, 0) is 4.79 Å². The summed E-state index contributed by atoms with van der Waals surface area (Å²) in [5.41, 5.74) is 0.494. The Hall–Kier alpha value is -0.610. The van der Waals surface area contributed by atoms with Crippen LogP contribution in [0.1, 0.15) is 85.0 Å². The highest BCUT2D eigenvalue weighted by Gasteiger charge is 2.62. The van der Waals surface area contributed by atoms with Gasteiger partial charge in [-0.1, -0.05) is 20.8 Å². The van der Waals surface area contributed by atoms with Crippen molar-refractivity contribution in [3.63, 3.8) is 0 Å². The highest BCUT2D eigenvalue weighted by molar-refractivity contribution is 5.64. The third kappa shape index (κ3) is 3.14. The van der Waals surface area contributed by atoms with Crippen molar-refractivity contribution in [1.29, 1.82) is 0 Å². The van der Waals surface area contributed by atoms with Gasteiger partial charge in [0.25, 0.3) is 0 Å². The predicted octanol–water partition coefficient (Wildman–Crippen LogP) is 3.14. The van der Waals surface area contributed by atoms with Gasteiger partial charge in [-0.3, -0.25) is 0 Å². The first kappa shape index (κ1) is 20.7. The molecule has 4 saturated carbocycles. The van der Waals surface area contributed by atoms with Crippen molar-refractivity contribution in [2.24, 2.45) is 46.3 Å². The number of aliphatic hydroxyl groups excluding tert-OH is 2. The predicted molar refractivity (Wildman–Crippen MR) is 106 cm³/mol. The van der Waals surface area contributed by atoms with Gasteiger partial charge < -0.3 is 20.1 Å². The normalized spacial score (nSPS) is 51.7. The van der Waals surface area contributed by atoms with Crippen molar-refractivity contribution in [2.45, 2.75) is 97.2 Å². The second-order valence-electron chi connectivity index (χ2n) is 11.3. The Morgan fingerprint density at radius 2 is 1.71 bits per heavy atom. The molecule has 4 rings (SSSR count). The molecule has 2 N–H and O–H groups in total. The van der Waals surface area contributed by atoms with Crippen LogP contribution in [0.15, 0.2) is 0 Å². The maximum Gasteiger partial charge on any atom is 0.0577 e. The Balaban J connectivity index is 1.55. The van der Waals surface area contributed by atoms with E-state index in [-0.39, 0.29) is 29.5 Å². The van der Waals surface area contributed by atoms with Crippen LogP contribution < -0.4 is 5.11 Å². The van der Waals surface area contributed by atoms with Crippen LogP contribution in [0, 0.1) is 46.3 Å². The molecule has 0 heterocycles. The maximum absolute atomic E-state index is 11.2. The molecule has 0 spiro atoms. The number of fused-ring (bicyclic) bond motifs is 5. The van der Waals surface area contributed by atoms with Crippen LogP contribution in [0.5, 0.6) is 0 Å². The molecule has 0 unspecified atom stereocenters. The second kappa shape index (κ2) is 7.27. The minimum Gasteiger partial charge on any atom is -0.550 e. The molecule has 4 aliphatic carbocycles. The van der Waals surface area contributed by atoms with E-state index in [1.807, 2.05) is 0 Å². The minimum atomic E-state index is -0.934. The van der Waals surface area contributed by atoms with Crippen molar-refractivity contribution in [3.05, 3.63) is 0 Å². The van der Waals surface area contributed by atoms with Crippen molar-refractivity contribution < 1.29 is 20.1 Å². The number of carboxylic acid groups (broad SMARTS) is 1. The number of aliphatic hydroxyl groups is 2. The molecule has 0 aromatic heterocycles. The quantitative estimate of drug-likeness (QED) is 0.771. The van der Waals surface area contributed by atoms with E-state index in [2.05, 4.69) is 20.8 Å². The molecule has 0 amide bonds. The van der Waals surface area contributed by atoms with Gasteiger partial charge in [0.2, 0.25) is 0 Å². The van der Waals surface area contributed by atoms with Gasteiger partial charge in [0, 0.05) is 5.97 Å². The fraction of sp³-hybridized carbons (Fsp3) is 0.958. The number of hydrogen-bond acceptors (Lipinski definition) is 4. The average Bonchev–Trinajstić information content (AvgIpc) is 2.98. The van der Waals surface area contributed by atoms with Crippen LogP contribution in [0.3, 0.4) is 0 Å². The summed E-state index contributed by atoms with van der Waals surface area (Å²) >= 11 is 0. The van der Waals surface area contributed by atoms with E-state index in [1.165, 1.54) is 25.7 Å². The summed E-state index contributed by atoms with van der Waals surface area (Å²) in [7, 11) is 0. The molecule has 10 atom stereocenters. The Bertz CT molecular complexity index is 605. The fourth-order valence-electron chi connectivity index (χ4n) is 8.72. The number of carboxylic acids is 1. The van der Waals surface area contributed by atoms with Gasteiger partial charge in [-0.25, -0.2) is 0 Å². The zero-order valence-electron chi connectivity index (χ0n) is 17.9. The number of carbonyl (C=O) groups is 1. The van der Waals surface area contributed by atoms with Gasteiger partial charge in [-0.2, -0.15) is 0 Å². The number of aliphatic carboxylic acids is 1. The number of hydrogen-bond donors (Lipinski definition) is 2. The zero-order valence-corrected chi connectivity index (χ0v) is 17.9. The number of carbonyl (C=O) groups excluding carboxylic acids is 1. The molecule has 160 valence electrons. The molecular weight excluding hydrogens is 352 g/mol. The molecule has 4 fully saturated rings. The van der Waals surface area contributed by atoms with Crippen molar-refractivity contribution >= 4 is 5.97 Å². The first-order valence-electron chi connectivity index (χ1n) is 11.7. The van der Waals surface area contributed by atoms with Gasteiger partial charge in [0.15, 0.2) is 0 Å². The fourth-order valence-corrected chi connectivity index (χ4v) is 8.72. The Labute approximate surface area is 170 Å². The molecule has 0 radical (unpaired) electrons. The lowest BCUT2D eigenvalue weighted by molar-refractivity contribution is -0.306. The summed E-state index contributed by atoms with van der Waals surface area (Å²) in [5, 5.41) is 32.4. The lowest BCUT2D eigenvalue weighted by Crippen LogP contribution is -2.58. The van der Waals surface area contributed by atoms with E-state index >= 15 is 0 Å². The summed E-state index contributed by atoms with van der Waals surface area (Å²) < 4.78 is 0. The smallest absolute Gasteiger partial charge is 0.0577 e. The van der Waals surface area contributed by atoms with Crippen LogP contribution in [-0.4, -0.2) is 28.4 Å². The maximum atomic E-state index is 11.2. The Morgan fingerprint density at radius 1 is 1.04 bits per heavy atom. The standard InChI is InChI=1S/C24H40O4/c1-14(4-7-21(27)28)17-5-6-18-22-19(9-11-24(17,18)3)23(2)10-8-16(25)12-15(23)13-20(22)26/h14-20,22,25-26H,4-13H2,1-3H3,(H,27,28)/p-1/t14-,15-,16-,17-,18+,19+,20+,22+,23+,24-/m1/s1. The highest BCUT2D eigenvalue weighted by atomic mass is 16.4. The SMILES string of the molecule is C[C@H](CCC(=O)[O-])[C@H]1CC[C@H]2[C@@H]3[C@@H](O)C[C@H]4C[C@H](O)CC[C@]4(C)[C@H]3CC[C@]12C. The molecule has 4 heteroatoms. The van der Waals surface area contributed by atoms with E-state index in [9.17, 15) is 20.1 Å². The molecule has 4 aliphatic rings. The Morgan fingerprint density at radius 3 is 2.43 bits per heavy atom. The van der Waals surface area contributed by atoms with Crippen LogP contribution in [0.4, 0.5) is 0 Å². The summed E-state index contributed by atoms with van der Waals surface area (Å²) in [6.45, 7) is 7.11. The van der Waals surface area contributed by atoms with Gasteiger partial charge in [0.05, 0.1) is 12.2 Å². The molecular formula is C24H39O4-. The van der Waals surface area contributed by atoms with Gasteiger partial charge >= 0.3 is 0 Å². The summed E-state index contributed by atoms with van der Waals surface area (Å²) in [6, 6.07) is 0. The van der Waals surface area contributed by atoms with E-state index < -0.39 is 5.97 Å². The lowest BCUT2D eigenvalue weighted by atomic mass is 9.43. The number of rotatable bonds is 4. The third-order valence-electron chi connectivity index (χ3n) is 10.2. The molecule has 4 nitrogen and oxygen atoms in total. The average molecular weight is 392 g/mol. The van der Waals surface area contributed by atoms with Gasteiger partial charge in [0.1, 0.15) is 0 Å². The van der Waals surface area contributed by atoms with Crippen LogP contribution in [0.25, 0.3) is 0 Å². The monoisotopic (exact) mass is 391 g/mol. The lowest BCUT2D eigenvalue weighted by Gasteiger charge is -2.62.